The van der Waals surface area contributed by atoms with Crippen molar-refractivity contribution in [2.45, 2.75) is 65.5 Å². The zero-order chi connectivity index (χ0) is 15.1. The van der Waals surface area contributed by atoms with Gasteiger partial charge in [-0.25, -0.2) is 4.98 Å². The van der Waals surface area contributed by atoms with Crippen molar-refractivity contribution in [1.82, 2.24) is 15.3 Å². The van der Waals surface area contributed by atoms with Crippen LogP contribution in [0.25, 0.3) is 0 Å². The molecule has 1 fully saturated rings. The van der Waals surface area contributed by atoms with E-state index in [2.05, 4.69) is 41.0 Å². The number of anilines is 1. The van der Waals surface area contributed by atoms with Crippen LogP contribution in [0.5, 0.6) is 0 Å². The van der Waals surface area contributed by atoms with Crippen LogP contribution in [-0.2, 0) is 6.54 Å². The highest BCUT2D eigenvalue weighted by Crippen LogP contribution is 2.25. The zero-order valence-corrected chi connectivity index (χ0v) is 13.8. The fourth-order valence-corrected chi connectivity index (χ4v) is 3.08. The van der Waals surface area contributed by atoms with E-state index in [4.69, 9.17) is 0 Å². The molecule has 118 valence electrons. The summed E-state index contributed by atoms with van der Waals surface area (Å²) < 4.78 is 0. The van der Waals surface area contributed by atoms with Gasteiger partial charge in [0, 0.05) is 19.1 Å². The summed E-state index contributed by atoms with van der Waals surface area (Å²) >= 11 is 0. The Balaban J connectivity index is 1.92. The van der Waals surface area contributed by atoms with Gasteiger partial charge in [-0.3, -0.25) is 4.98 Å². The van der Waals surface area contributed by atoms with E-state index in [0.29, 0.717) is 12.0 Å². The SMILES string of the molecule is CCN(c1cnc(CNCC(C)C)cn1)C1CCCCC1. The molecule has 0 saturated heterocycles. The lowest BCUT2D eigenvalue weighted by atomic mass is 9.94. The van der Waals surface area contributed by atoms with Gasteiger partial charge in [-0.05, 0) is 32.2 Å². The number of aromatic nitrogens is 2. The molecule has 0 spiro atoms. The molecule has 1 aliphatic rings. The Hall–Kier alpha value is -1.16. The van der Waals surface area contributed by atoms with Gasteiger partial charge in [0.15, 0.2) is 0 Å². The van der Waals surface area contributed by atoms with Crippen LogP contribution in [0.1, 0.15) is 58.6 Å². The molecule has 4 nitrogen and oxygen atoms in total. The predicted octanol–water partition coefficient (Wildman–Crippen LogP) is 3.38. The summed E-state index contributed by atoms with van der Waals surface area (Å²) in [5, 5.41) is 3.41. The molecule has 0 aliphatic heterocycles. The molecule has 0 bridgehead atoms. The van der Waals surface area contributed by atoms with Crippen LogP contribution in [0.4, 0.5) is 5.82 Å². The van der Waals surface area contributed by atoms with Crippen molar-refractivity contribution < 1.29 is 0 Å². The first-order chi connectivity index (χ1) is 10.2. The Labute approximate surface area is 129 Å². The van der Waals surface area contributed by atoms with Gasteiger partial charge in [0.1, 0.15) is 5.82 Å². The second-order valence-electron chi connectivity index (χ2n) is 6.47. The van der Waals surface area contributed by atoms with E-state index in [1.54, 1.807) is 0 Å². The van der Waals surface area contributed by atoms with Gasteiger partial charge in [-0.2, -0.15) is 0 Å². The Bertz CT molecular complexity index is 396. The maximum atomic E-state index is 4.65. The van der Waals surface area contributed by atoms with E-state index in [9.17, 15) is 0 Å². The van der Waals surface area contributed by atoms with Crippen LogP contribution >= 0.6 is 0 Å². The molecule has 1 aromatic rings. The predicted molar refractivity (Wildman–Crippen MR) is 88.5 cm³/mol. The van der Waals surface area contributed by atoms with Crippen LogP contribution in [0, 0.1) is 5.92 Å². The molecule has 4 heteroatoms. The lowest BCUT2D eigenvalue weighted by Crippen LogP contribution is -2.37. The van der Waals surface area contributed by atoms with Crippen molar-refractivity contribution in [2.24, 2.45) is 5.92 Å². The third-order valence-corrected chi connectivity index (χ3v) is 4.20. The average molecular weight is 290 g/mol. The third-order valence-electron chi connectivity index (χ3n) is 4.20. The number of rotatable bonds is 7. The summed E-state index contributed by atoms with van der Waals surface area (Å²) in [6, 6.07) is 0.656. The highest BCUT2D eigenvalue weighted by molar-refractivity contribution is 5.37. The molecule has 0 atom stereocenters. The Morgan fingerprint density at radius 1 is 1.19 bits per heavy atom. The van der Waals surface area contributed by atoms with Crippen LogP contribution in [-0.4, -0.2) is 29.1 Å². The Morgan fingerprint density at radius 3 is 2.52 bits per heavy atom. The lowest BCUT2D eigenvalue weighted by Gasteiger charge is -2.34. The summed E-state index contributed by atoms with van der Waals surface area (Å²) in [6.07, 6.45) is 10.6. The Kier molecular flexibility index (Phi) is 6.43. The molecule has 0 aromatic carbocycles. The molecule has 1 aromatic heterocycles. The normalized spacial score (nSPS) is 16.4. The van der Waals surface area contributed by atoms with Crippen LogP contribution < -0.4 is 10.2 Å². The van der Waals surface area contributed by atoms with Crippen LogP contribution in [0.3, 0.4) is 0 Å². The Morgan fingerprint density at radius 2 is 1.95 bits per heavy atom. The standard InChI is InChI=1S/C17H30N4/c1-4-21(16-8-6-5-7-9-16)17-13-19-15(12-20-17)11-18-10-14(2)3/h12-14,16,18H,4-11H2,1-3H3. The number of hydrogen-bond acceptors (Lipinski definition) is 4. The van der Waals surface area contributed by atoms with Crippen LogP contribution in [0.2, 0.25) is 0 Å². The minimum Gasteiger partial charge on any atom is -0.353 e. The fourth-order valence-electron chi connectivity index (χ4n) is 3.08. The fraction of sp³-hybridized carbons (Fsp3) is 0.765. The number of hydrogen-bond donors (Lipinski definition) is 1. The second kappa shape index (κ2) is 8.32. The van der Waals surface area contributed by atoms with E-state index in [0.717, 1.165) is 31.1 Å². The van der Waals surface area contributed by atoms with Crippen molar-refractivity contribution in [1.29, 1.82) is 0 Å². The summed E-state index contributed by atoms with van der Waals surface area (Å²) in [5.41, 5.74) is 1.03. The van der Waals surface area contributed by atoms with Gasteiger partial charge in [-0.15, -0.1) is 0 Å². The van der Waals surface area contributed by atoms with Crippen molar-refractivity contribution >= 4 is 5.82 Å². The molecule has 1 aliphatic carbocycles. The van der Waals surface area contributed by atoms with E-state index in [1.807, 2.05) is 12.4 Å². The highest BCUT2D eigenvalue weighted by Gasteiger charge is 2.21. The summed E-state index contributed by atoms with van der Waals surface area (Å²) in [6.45, 7) is 9.49. The number of nitrogens with zero attached hydrogens (tertiary/aromatic N) is 3. The van der Waals surface area contributed by atoms with E-state index in [1.165, 1.54) is 32.1 Å². The molecule has 2 rings (SSSR count). The average Bonchev–Trinajstić information content (AvgIpc) is 2.50. The van der Waals surface area contributed by atoms with Gasteiger partial charge in [0.05, 0.1) is 18.1 Å². The van der Waals surface area contributed by atoms with Crippen molar-refractivity contribution in [3.63, 3.8) is 0 Å². The second-order valence-corrected chi connectivity index (χ2v) is 6.47. The van der Waals surface area contributed by atoms with Crippen LogP contribution in [0.15, 0.2) is 12.4 Å². The highest BCUT2D eigenvalue weighted by atomic mass is 15.2. The first-order valence-electron chi connectivity index (χ1n) is 8.49. The molecule has 1 N–H and O–H groups in total. The zero-order valence-electron chi connectivity index (χ0n) is 13.8. The molecule has 1 saturated carbocycles. The van der Waals surface area contributed by atoms with E-state index >= 15 is 0 Å². The molecule has 1 heterocycles. The minimum atomic E-state index is 0.656. The monoisotopic (exact) mass is 290 g/mol. The summed E-state index contributed by atoms with van der Waals surface area (Å²) in [7, 11) is 0. The molecule has 21 heavy (non-hydrogen) atoms. The first kappa shape index (κ1) is 16.2. The van der Waals surface area contributed by atoms with Gasteiger partial charge in [0.25, 0.3) is 0 Å². The first-order valence-corrected chi connectivity index (χ1v) is 8.49. The van der Waals surface area contributed by atoms with Crippen molar-refractivity contribution in [2.75, 3.05) is 18.0 Å². The molecule has 0 radical (unpaired) electrons. The largest absolute Gasteiger partial charge is 0.353 e. The maximum absolute atomic E-state index is 4.65. The quantitative estimate of drug-likeness (QED) is 0.836. The lowest BCUT2D eigenvalue weighted by molar-refractivity contribution is 0.416. The van der Waals surface area contributed by atoms with Gasteiger partial charge in [0.2, 0.25) is 0 Å². The number of nitrogens with one attached hydrogen (secondary N) is 1. The third kappa shape index (κ3) is 4.95. The van der Waals surface area contributed by atoms with Gasteiger partial charge in [-0.1, -0.05) is 33.1 Å². The van der Waals surface area contributed by atoms with Crippen molar-refractivity contribution in [3.05, 3.63) is 18.1 Å². The van der Waals surface area contributed by atoms with E-state index < -0.39 is 0 Å². The summed E-state index contributed by atoms with van der Waals surface area (Å²) in [5.74, 6) is 1.70. The topological polar surface area (TPSA) is 41.1 Å². The van der Waals surface area contributed by atoms with E-state index in [-0.39, 0.29) is 0 Å². The smallest absolute Gasteiger partial charge is 0.147 e. The van der Waals surface area contributed by atoms with Gasteiger partial charge < -0.3 is 10.2 Å². The maximum Gasteiger partial charge on any atom is 0.147 e. The molecular weight excluding hydrogens is 260 g/mol. The minimum absolute atomic E-state index is 0.656. The van der Waals surface area contributed by atoms with Crippen molar-refractivity contribution in [3.8, 4) is 0 Å². The summed E-state index contributed by atoms with van der Waals surface area (Å²) in [4.78, 5) is 11.6. The molecule has 0 unspecified atom stereocenters. The molecule has 0 amide bonds. The van der Waals surface area contributed by atoms with Gasteiger partial charge >= 0.3 is 0 Å². The molecular formula is C17H30N4.